The molecule has 60 valence electrons. The van der Waals surface area contributed by atoms with E-state index in [1.807, 2.05) is 25.2 Å². The Labute approximate surface area is 67.3 Å². The smallest absolute Gasteiger partial charge is 0.207 e. The van der Waals surface area contributed by atoms with Gasteiger partial charge in [-0.2, -0.15) is 0 Å². The zero-order chi connectivity index (χ0) is 8.53. The van der Waals surface area contributed by atoms with Crippen LogP contribution in [0.25, 0.3) is 0 Å². The summed E-state index contributed by atoms with van der Waals surface area (Å²) >= 11 is 0. The third-order valence-electron chi connectivity index (χ3n) is 1.15. The Morgan fingerprint density at radius 2 is 2.36 bits per heavy atom. The number of carbonyl (C=O) groups is 1. The molecule has 0 atom stereocenters. The summed E-state index contributed by atoms with van der Waals surface area (Å²) in [5, 5.41) is 2.55. The molecule has 0 fully saturated rings. The van der Waals surface area contributed by atoms with Crippen molar-refractivity contribution in [1.29, 1.82) is 0 Å². The molecular weight excluding hydrogens is 138 g/mol. The van der Waals surface area contributed by atoms with Crippen LogP contribution in [0.1, 0.15) is 6.92 Å². The molecule has 0 unspecified atom stereocenters. The van der Waals surface area contributed by atoms with Crippen LogP contribution in [0, 0.1) is 0 Å². The van der Waals surface area contributed by atoms with Gasteiger partial charge in [0.15, 0.2) is 0 Å². The van der Waals surface area contributed by atoms with Gasteiger partial charge < -0.3 is 5.32 Å². The lowest BCUT2D eigenvalue weighted by Crippen LogP contribution is -2.13. The zero-order valence-corrected chi connectivity index (χ0v) is 6.71. The van der Waals surface area contributed by atoms with Crippen LogP contribution in [-0.4, -0.2) is 13.0 Å². The normalized spacial score (nSPS) is 11.5. The van der Waals surface area contributed by atoms with Crippen molar-refractivity contribution >= 4 is 6.41 Å². The molecule has 11 heavy (non-hydrogen) atoms. The second kappa shape index (κ2) is 6.81. The molecule has 0 aromatic rings. The first-order chi connectivity index (χ1) is 5.35. The van der Waals surface area contributed by atoms with E-state index in [4.69, 9.17) is 0 Å². The summed E-state index contributed by atoms with van der Waals surface area (Å²) in [6, 6.07) is 0. The average Bonchev–Trinajstić information content (AvgIpc) is 2.05. The van der Waals surface area contributed by atoms with Crippen LogP contribution in [0.4, 0.5) is 0 Å². The van der Waals surface area contributed by atoms with Crippen LogP contribution in [-0.2, 0) is 4.79 Å². The molecule has 2 nitrogen and oxygen atoms in total. The maximum atomic E-state index is 9.91. The molecule has 0 heterocycles. The number of hydrogen-bond acceptors (Lipinski definition) is 1. The molecular formula is C9H13NO. The second-order valence-electron chi connectivity index (χ2n) is 1.97. The average molecular weight is 151 g/mol. The Kier molecular flexibility index (Phi) is 5.99. The van der Waals surface area contributed by atoms with E-state index >= 15 is 0 Å². The number of nitrogens with one attached hydrogen (secondary N) is 1. The molecule has 0 bridgehead atoms. The molecule has 0 rings (SSSR count). The SMILES string of the molecule is C=C/C(=C\C=C/C)CNC=O. The molecule has 0 spiro atoms. The number of carbonyl (C=O) groups excluding carboxylic acids is 1. The number of amides is 1. The van der Waals surface area contributed by atoms with Crippen molar-refractivity contribution in [3.63, 3.8) is 0 Å². The van der Waals surface area contributed by atoms with Crippen molar-refractivity contribution in [2.45, 2.75) is 6.92 Å². The van der Waals surface area contributed by atoms with Gasteiger partial charge in [-0.05, 0) is 12.5 Å². The molecule has 2 heteroatoms. The van der Waals surface area contributed by atoms with E-state index in [1.165, 1.54) is 0 Å². The first kappa shape index (κ1) is 9.69. The summed E-state index contributed by atoms with van der Waals surface area (Å²) in [7, 11) is 0. The van der Waals surface area contributed by atoms with E-state index < -0.39 is 0 Å². The molecule has 0 aromatic carbocycles. The third-order valence-corrected chi connectivity index (χ3v) is 1.15. The fourth-order valence-electron chi connectivity index (χ4n) is 0.578. The standard InChI is InChI=1S/C9H13NO/c1-3-5-6-9(4-2)7-10-8-11/h3-6,8H,2,7H2,1H3,(H,10,11)/b5-3-,9-6+. The van der Waals surface area contributed by atoms with E-state index in [0.29, 0.717) is 13.0 Å². The minimum atomic E-state index is 0.539. The van der Waals surface area contributed by atoms with Gasteiger partial charge in [0.2, 0.25) is 6.41 Å². The van der Waals surface area contributed by atoms with Gasteiger partial charge in [0, 0.05) is 6.54 Å². The molecule has 0 aliphatic rings. The summed E-state index contributed by atoms with van der Waals surface area (Å²) < 4.78 is 0. The summed E-state index contributed by atoms with van der Waals surface area (Å²) in [6.45, 7) is 6.08. The molecule has 0 aliphatic heterocycles. The Morgan fingerprint density at radius 1 is 1.64 bits per heavy atom. The maximum absolute atomic E-state index is 9.91. The van der Waals surface area contributed by atoms with Crippen molar-refractivity contribution in [1.82, 2.24) is 5.32 Å². The molecule has 0 saturated carbocycles. The van der Waals surface area contributed by atoms with Gasteiger partial charge in [0.1, 0.15) is 0 Å². The van der Waals surface area contributed by atoms with Crippen LogP contribution in [0.3, 0.4) is 0 Å². The molecule has 1 amide bonds. The highest BCUT2D eigenvalue weighted by atomic mass is 16.1. The lowest BCUT2D eigenvalue weighted by atomic mass is 10.2. The highest BCUT2D eigenvalue weighted by molar-refractivity contribution is 5.47. The van der Waals surface area contributed by atoms with Crippen molar-refractivity contribution in [3.8, 4) is 0 Å². The quantitative estimate of drug-likeness (QED) is 0.467. The van der Waals surface area contributed by atoms with Gasteiger partial charge >= 0.3 is 0 Å². The fourth-order valence-corrected chi connectivity index (χ4v) is 0.578. The highest BCUT2D eigenvalue weighted by Gasteiger charge is 1.85. The van der Waals surface area contributed by atoms with Crippen molar-refractivity contribution in [2.24, 2.45) is 0 Å². The molecule has 0 saturated heterocycles. The Bertz CT molecular complexity index is 180. The first-order valence-electron chi connectivity index (χ1n) is 3.46. The second-order valence-corrected chi connectivity index (χ2v) is 1.97. The van der Waals surface area contributed by atoms with E-state index in [1.54, 1.807) is 6.08 Å². The van der Waals surface area contributed by atoms with Crippen molar-refractivity contribution in [3.05, 3.63) is 36.5 Å². The third kappa shape index (κ3) is 5.15. The highest BCUT2D eigenvalue weighted by Crippen LogP contribution is 1.93. The minimum Gasteiger partial charge on any atom is -0.355 e. The predicted molar refractivity (Wildman–Crippen MR) is 47.2 cm³/mol. The van der Waals surface area contributed by atoms with E-state index in [-0.39, 0.29) is 0 Å². The summed E-state index contributed by atoms with van der Waals surface area (Å²) in [6.07, 6.45) is 8.13. The monoisotopic (exact) mass is 151 g/mol. The van der Waals surface area contributed by atoms with Gasteiger partial charge in [0.25, 0.3) is 0 Å². The number of hydrogen-bond donors (Lipinski definition) is 1. The largest absolute Gasteiger partial charge is 0.355 e. The molecule has 0 radical (unpaired) electrons. The zero-order valence-electron chi connectivity index (χ0n) is 6.71. The Morgan fingerprint density at radius 3 is 2.82 bits per heavy atom. The van der Waals surface area contributed by atoms with Crippen LogP contribution in [0.5, 0.6) is 0 Å². The van der Waals surface area contributed by atoms with Crippen molar-refractivity contribution in [2.75, 3.05) is 6.54 Å². The molecule has 0 aliphatic carbocycles. The summed E-state index contributed by atoms with van der Waals surface area (Å²) in [5.41, 5.74) is 0.996. The van der Waals surface area contributed by atoms with Crippen LogP contribution in [0.15, 0.2) is 36.5 Å². The van der Waals surface area contributed by atoms with E-state index in [2.05, 4.69) is 11.9 Å². The predicted octanol–water partition coefficient (Wildman–Crippen LogP) is 1.42. The number of allylic oxidation sites excluding steroid dienone is 3. The first-order valence-corrected chi connectivity index (χ1v) is 3.46. The van der Waals surface area contributed by atoms with E-state index in [9.17, 15) is 4.79 Å². The van der Waals surface area contributed by atoms with Crippen LogP contribution in [0.2, 0.25) is 0 Å². The van der Waals surface area contributed by atoms with Crippen molar-refractivity contribution < 1.29 is 4.79 Å². The Balaban J connectivity index is 3.92. The van der Waals surface area contributed by atoms with Gasteiger partial charge in [-0.1, -0.05) is 30.9 Å². The summed E-state index contributed by atoms with van der Waals surface area (Å²) in [4.78, 5) is 9.91. The van der Waals surface area contributed by atoms with Gasteiger partial charge in [-0.25, -0.2) is 0 Å². The topological polar surface area (TPSA) is 29.1 Å². The van der Waals surface area contributed by atoms with E-state index in [0.717, 1.165) is 5.57 Å². The molecule has 0 aromatic heterocycles. The van der Waals surface area contributed by atoms with Gasteiger partial charge in [-0.3, -0.25) is 4.79 Å². The number of rotatable bonds is 5. The lowest BCUT2D eigenvalue weighted by molar-refractivity contribution is -0.109. The summed E-state index contributed by atoms with van der Waals surface area (Å²) in [5.74, 6) is 0. The van der Waals surface area contributed by atoms with Crippen LogP contribution < -0.4 is 5.32 Å². The van der Waals surface area contributed by atoms with Gasteiger partial charge in [-0.15, -0.1) is 0 Å². The molecule has 1 N–H and O–H groups in total. The minimum absolute atomic E-state index is 0.539. The Hall–Kier alpha value is -1.31. The maximum Gasteiger partial charge on any atom is 0.207 e. The lowest BCUT2D eigenvalue weighted by Gasteiger charge is -1.96. The van der Waals surface area contributed by atoms with Crippen LogP contribution >= 0.6 is 0 Å². The fraction of sp³-hybridized carbons (Fsp3) is 0.222. The van der Waals surface area contributed by atoms with Gasteiger partial charge in [0.05, 0.1) is 0 Å².